The molecule has 4 heteroatoms. The standard InChI is InChI=1S/C13H18FNO2/c1-3-4-6-9(2)15-12-10(13(16)17)7-5-8-11(12)14/h5,7-9,15H,3-4,6H2,1-2H3,(H,16,17). The first-order chi connectivity index (χ1) is 8.06. The van der Waals surface area contributed by atoms with Gasteiger partial charge in [0.25, 0.3) is 0 Å². The van der Waals surface area contributed by atoms with E-state index in [4.69, 9.17) is 5.11 Å². The van der Waals surface area contributed by atoms with Crippen molar-refractivity contribution in [1.82, 2.24) is 0 Å². The summed E-state index contributed by atoms with van der Waals surface area (Å²) >= 11 is 0. The van der Waals surface area contributed by atoms with Crippen LogP contribution in [0.25, 0.3) is 0 Å². The molecule has 0 aliphatic rings. The molecule has 1 aromatic rings. The molecule has 0 fully saturated rings. The minimum Gasteiger partial charge on any atom is -0.478 e. The van der Waals surface area contributed by atoms with Crippen LogP contribution in [-0.4, -0.2) is 17.1 Å². The summed E-state index contributed by atoms with van der Waals surface area (Å²) in [6, 6.07) is 4.13. The van der Waals surface area contributed by atoms with E-state index in [-0.39, 0.29) is 17.3 Å². The van der Waals surface area contributed by atoms with Gasteiger partial charge in [0.1, 0.15) is 5.82 Å². The van der Waals surface area contributed by atoms with Gasteiger partial charge in [-0.25, -0.2) is 9.18 Å². The maximum absolute atomic E-state index is 13.6. The van der Waals surface area contributed by atoms with Crippen molar-refractivity contribution < 1.29 is 14.3 Å². The van der Waals surface area contributed by atoms with Crippen LogP contribution in [0, 0.1) is 5.82 Å². The van der Waals surface area contributed by atoms with E-state index in [0.29, 0.717) is 0 Å². The van der Waals surface area contributed by atoms with Gasteiger partial charge in [0, 0.05) is 6.04 Å². The van der Waals surface area contributed by atoms with Crippen LogP contribution < -0.4 is 5.32 Å². The second-order valence-electron chi connectivity index (χ2n) is 4.16. The molecule has 17 heavy (non-hydrogen) atoms. The van der Waals surface area contributed by atoms with Gasteiger partial charge >= 0.3 is 5.97 Å². The van der Waals surface area contributed by atoms with Crippen LogP contribution in [0.1, 0.15) is 43.5 Å². The predicted molar refractivity (Wildman–Crippen MR) is 66.0 cm³/mol. The van der Waals surface area contributed by atoms with Gasteiger partial charge in [-0.3, -0.25) is 0 Å². The van der Waals surface area contributed by atoms with E-state index in [1.54, 1.807) is 0 Å². The Morgan fingerprint density at radius 1 is 1.53 bits per heavy atom. The van der Waals surface area contributed by atoms with Crippen LogP contribution >= 0.6 is 0 Å². The summed E-state index contributed by atoms with van der Waals surface area (Å²) in [5.41, 5.74) is 0.0666. The number of hydrogen-bond donors (Lipinski definition) is 2. The minimum atomic E-state index is -1.12. The largest absolute Gasteiger partial charge is 0.478 e. The van der Waals surface area contributed by atoms with Crippen molar-refractivity contribution in [3.8, 4) is 0 Å². The molecule has 1 rings (SSSR count). The summed E-state index contributed by atoms with van der Waals surface area (Å²) in [5.74, 6) is -1.64. The Balaban J connectivity index is 2.85. The van der Waals surface area contributed by atoms with E-state index in [2.05, 4.69) is 12.2 Å². The van der Waals surface area contributed by atoms with Gasteiger partial charge in [-0.15, -0.1) is 0 Å². The summed E-state index contributed by atoms with van der Waals surface area (Å²) in [6.07, 6.45) is 2.99. The van der Waals surface area contributed by atoms with Crippen LogP contribution in [0.3, 0.4) is 0 Å². The van der Waals surface area contributed by atoms with Crippen LogP contribution in [0.2, 0.25) is 0 Å². The molecule has 1 atom stereocenters. The number of carbonyl (C=O) groups is 1. The number of para-hydroxylation sites is 1. The fourth-order valence-electron chi connectivity index (χ4n) is 1.68. The van der Waals surface area contributed by atoms with Crippen molar-refractivity contribution in [3.63, 3.8) is 0 Å². The second-order valence-corrected chi connectivity index (χ2v) is 4.16. The molecule has 0 aromatic heterocycles. The van der Waals surface area contributed by atoms with Gasteiger partial charge in [-0.05, 0) is 25.5 Å². The summed E-state index contributed by atoms with van der Waals surface area (Å²) in [5, 5.41) is 11.9. The first kappa shape index (κ1) is 13.5. The third kappa shape index (κ3) is 3.73. The van der Waals surface area contributed by atoms with Crippen molar-refractivity contribution in [2.75, 3.05) is 5.32 Å². The SMILES string of the molecule is CCCCC(C)Nc1c(F)cccc1C(=O)O. The van der Waals surface area contributed by atoms with Crippen LogP contribution in [0.15, 0.2) is 18.2 Å². The average molecular weight is 239 g/mol. The van der Waals surface area contributed by atoms with Crippen LogP contribution in [-0.2, 0) is 0 Å². The molecular weight excluding hydrogens is 221 g/mol. The first-order valence-corrected chi connectivity index (χ1v) is 5.84. The van der Waals surface area contributed by atoms with E-state index in [9.17, 15) is 9.18 Å². The van der Waals surface area contributed by atoms with Gasteiger partial charge < -0.3 is 10.4 Å². The smallest absolute Gasteiger partial charge is 0.337 e. The van der Waals surface area contributed by atoms with E-state index in [1.807, 2.05) is 6.92 Å². The van der Waals surface area contributed by atoms with E-state index in [1.165, 1.54) is 18.2 Å². The average Bonchev–Trinajstić information content (AvgIpc) is 2.28. The molecule has 0 aliphatic heterocycles. The molecule has 0 amide bonds. The Morgan fingerprint density at radius 2 is 2.24 bits per heavy atom. The highest BCUT2D eigenvalue weighted by Gasteiger charge is 2.15. The lowest BCUT2D eigenvalue weighted by molar-refractivity contribution is 0.0697. The number of halogens is 1. The number of unbranched alkanes of at least 4 members (excludes halogenated alkanes) is 1. The third-order valence-corrected chi connectivity index (χ3v) is 2.63. The first-order valence-electron chi connectivity index (χ1n) is 5.84. The maximum Gasteiger partial charge on any atom is 0.337 e. The highest BCUT2D eigenvalue weighted by molar-refractivity contribution is 5.94. The lowest BCUT2D eigenvalue weighted by atomic mass is 10.1. The topological polar surface area (TPSA) is 49.3 Å². The monoisotopic (exact) mass is 239 g/mol. The molecule has 94 valence electrons. The zero-order valence-electron chi connectivity index (χ0n) is 10.2. The highest BCUT2D eigenvalue weighted by Crippen LogP contribution is 2.21. The minimum absolute atomic E-state index is 0.0200. The molecule has 1 unspecified atom stereocenters. The normalized spacial score (nSPS) is 12.2. The predicted octanol–water partition coefficient (Wildman–Crippen LogP) is 3.51. The molecule has 1 aromatic carbocycles. The maximum atomic E-state index is 13.6. The number of nitrogens with one attached hydrogen (secondary N) is 1. The highest BCUT2D eigenvalue weighted by atomic mass is 19.1. The molecule has 0 aliphatic carbocycles. The molecule has 0 saturated heterocycles. The molecule has 3 nitrogen and oxygen atoms in total. The van der Waals surface area contributed by atoms with E-state index >= 15 is 0 Å². The van der Waals surface area contributed by atoms with Crippen molar-refractivity contribution in [1.29, 1.82) is 0 Å². The molecular formula is C13H18FNO2. The number of rotatable bonds is 6. The summed E-state index contributed by atoms with van der Waals surface area (Å²) in [4.78, 5) is 11.0. The Labute approximate surface area is 101 Å². The quantitative estimate of drug-likeness (QED) is 0.798. The Hall–Kier alpha value is -1.58. The number of anilines is 1. The van der Waals surface area contributed by atoms with Crippen molar-refractivity contribution in [3.05, 3.63) is 29.6 Å². The van der Waals surface area contributed by atoms with E-state index in [0.717, 1.165) is 19.3 Å². The van der Waals surface area contributed by atoms with Gasteiger partial charge in [0.2, 0.25) is 0 Å². The summed E-state index contributed by atoms with van der Waals surface area (Å²) in [7, 11) is 0. The summed E-state index contributed by atoms with van der Waals surface area (Å²) in [6.45, 7) is 4.01. The number of benzene rings is 1. The second kappa shape index (κ2) is 6.23. The fraction of sp³-hybridized carbons (Fsp3) is 0.462. The van der Waals surface area contributed by atoms with E-state index < -0.39 is 11.8 Å². The Kier molecular flexibility index (Phi) is 4.94. The van der Waals surface area contributed by atoms with Gasteiger partial charge in [0.15, 0.2) is 0 Å². The van der Waals surface area contributed by atoms with Gasteiger partial charge in [-0.2, -0.15) is 0 Å². The zero-order valence-corrected chi connectivity index (χ0v) is 10.2. The molecule has 0 bridgehead atoms. The van der Waals surface area contributed by atoms with Crippen molar-refractivity contribution in [2.45, 2.75) is 39.2 Å². The fourth-order valence-corrected chi connectivity index (χ4v) is 1.68. The lowest BCUT2D eigenvalue weighted by Crippen LogP contribution is -2.18. The lowest BCUT2D eigenvalue weighted by Gasteiger charge is -2.17. The van der Waals surface area contributed by atoms with Crippen LogP contribution in [0.5, 0.6) is 0 Å². The Morgan fingerprint density at radius 3 is 2.82 bits per heavy atom. The number of hydrogen-bond acceptors (Lipinski definition) is 2. The molecule has 0 saturated carbocycles. The number of aromatic carboxylic acids is 1. The van der Waals surface area contributed by atoms with Gasteiger partial charge in [-0.1, -0.05) is 25.8 Å². The molecule has 2 N–H and O–H groups in total. The van der Waals surface area contributed by atoms with Crippen molar-refractivity contribution in [2.24, 2.45) is 0 Å². The number of carboxylic acids is 1. The Bertz CT molecular complexity index is 393. The van der Waals surface area contributed by atoms with Gasteiger partial charge in [0.05, 0.1) is 11.3 Å². The van der Waals surface area contributed by atoms with Crippen LogP contribution in [0.4, 0.5) is 10.1 Å². The molecule has 0 radical (unpaired) electrons. The summed E-state index contributed by atoms with van der Waals surface area (Å²) < 4.78 is 13.6. The van der Waals surface area contributed by atoms with Crippen molar-refractivity contribution >= 4 is 11.7 Å². The molecule has 0 heterocycles. The number of carboxylic acid groups (broad SMARTS) is 1. The zero-order chi connectivity index (χ0) is 12.8. The third-order valence-electron chi connectivity index (χ3n) is 2.63. The molecule has 0 spiro atoms.